The monoisotopic (exact) mass is 577 g/mol. The molecule has 9 nitrogen and oxygen atoms in total. The Labute approximate surface area is 245 Å². The van der Waals surface area contributed by atoms with Crippen molar-refractivity contribution in [2.75, 3.05) is 17.4 Å². The molecule has 2 aliphatic heterocycles. The quantitative estimate of drug-likeness (QED) is 0.376. The molecule has 2 atom stereocenters. The summed E-state index contributed by atoms with van der Waals surface area (Å²) in [6, 6.07) is 24.8. The lowest BCUT2D eigenvalue weighted by atomic mass is 9.95. The van der Waals surface area contributed by atoms with E-state index in [0.717, 1.165) is 0 Å². The van der Waals surface area contributed by atoms with Crippen molar-refractivity contribution in [2.45, 2.75) is 19.9 Å². The predicted octanol–water partition coefficient (Wildman–Crippen LogP) is 3.87. The summed E-state index contributed by atoms with van der Waals surface area (Å²) < 4.78 is 7.34. The number of methoxy groups -OCH3 is 1. The molecule has 0 fully saturated rings. The van der Waals surface area contributed by atoms with Crippen molar-refractivity contribution in [2.24, 2.45) is 16.0 Å². The van der Waals surface area contributed by atoms with Gasteiger partial charge in [-0.3, -0.25) is 19.0 Å². The van der Waals surface area contributed by atoms with Gasteiger partial charge < -0.3 is 10.1 Å². The Morgan fingerprint density at radius 3 is 2.40 bits per heavy atom. The molecular weight excluding hydrogens is 550 g/mol. The molecule has 0 bridgehead atoms. The van der Waals surface area contributed by atoms with Crippen LogP contribution >= 0.6 is 11.3 Å². The van der Waals surface area contributed by atoms with Gasteiger partial charge in [0, 0.05) is 5.69 Å². The van der Waals surface area contributed by atoms with E-state index >= 15 is 0 Å². The van der Waals surface area contributed by atoms with Crippen molar-refractivity contribution >= 4 is 46.3 Å². The molecule has 0 radical (unpaired) electrons. The van der Waals surface area contributed by atoms with Crippen molar-refractivity contribution in [3.05, 3.63) is 121 Å². The van der Waals surface area contributed by atoms with Gasteiger partial charge in [0.25, 0.3) is 17.4 Å². The van der Waals surface area contributed by atoms with Crippen LogP contribution in [0.25, 0.3) is 6.08 Å². The number of anilines is 2. The van der Waals surface area contributed by atoms with Gasteiger partial charge in [0.05, 0.1) is 40.4 Å². The Bertz CT molecular complexity index is 1940. The molecule has 0 unspecified atom stereocenters. The van der Waals surface area contributed by atoms with Crippen molar-refractivity contribution < 1.29 is 14.3 Å². The van der Waals surface area contributed by atoms with Crippen LogP contribution in [-0.2, 0) is 9.59 Å². The summed E-state index contributed by atoms with van der Waals surface area (Å²) in [4.78, 5) is 46.3. The number of hydrogen-bond acceptors (Lipinski definition) is 7. The van der Waals surface area contributed by atoms with Gasteiger partial charge in [-0.15, -0.1) is 0 Å². The molecule has 1 N–H and O–H groups in total. The largest absolute Gasteiger partial charge is 0.497 e. The van der Waals surface area contributed by atoms with Crippen molar-refractivity contribution in [1.82, 2.24) is 4.57 Å². The fourth-order valence-electron chi connectivity index (χ4n) is 5.15. The number of ether oxygens (including phenoxy) is 1. The van der Waals surface area contributed by atoms with E-state index in [2.05, 4.69) is 15.4 Å². The molecule has 6 rings (SSSR count). The number of nitrogens with zero attached hydrogens (tertiary/aromatic N) is 4. The molecule has 0 spiro atoms. The second kappa shape index (κ2) is 11.1. The Balaban J connectivity index is 1.46. The highest BCUT2D eigenvalue weighted by Crippen LogP contribution is 2.32. The van der Waals surface area contributed by atoms with E-state index in [0.29, 0.717) is 49.0 Å². The number of fused-ring (bicyclic) bond motifs is 1. The molecule has 0 saturated carbocycles. The van der Waals surface area contributed by atoms with E-state index in [9.17, 15) is 14.4 Å². The van der Waals surface area contributed by atoms with Crippen LogP contribution in [0.5, 0.6) is 5.75 Å². The first-order valence-electron chi connectivity index (χ1n) is 13.3. The van der Waals surface area contributed by atoms with Crippen LogP contribution in [-0.4, -0.2) is 29.2 Å². The number of rotatable bonds is 6. The summed E-state index contributed by atoms with van der Waals surface area (Å²) in [5.74, 6) is -0.717. The van der Waals surface area contributed by atoms with Crippen molar-refractivity contribution in [3.8, 4) is 5.75 Å². The normalized spacial score (nSPS) is 18.5. The fourth-order valence-corrected chi connectivity index (χ4v) is 6.21. The van der Waals surface area contributed by atoms with E-state index in [-0.39, 0.29) is 17.4 Å². The zero-order valence-electron chi connectivity index (χ0n) is 23.1. The number of thiazole rings is 1. The second-order valence-electron chi connectivity index (χ2n) is 9.91. The number of carbonyl (C=O) groups excluding carboxylic acids is 2. The molecule has 210 valence electrons. The molecular formula is C32H27N5O4S. The number of allylic oxidation sites excluding steroid dienone is 1. The summed E-state index contributed by atoms with van der Waals surface area (Å²) >= 11 is 1.19. The topological polar surface area (TPSA) is 105 Å². The molecule has 1 aromatic heterocycles. The number of nitrogens with one attached hydrogen (secondary N) is 1. The first-order chi connectivity index (χ1) is 20.4. The Morgan fingerprint density at radius 1 is 0.976 bits per heavy atom. The summed E-state index contributed by atoms with van der Waals surface area (Å²) in [5, 5.41) is 8.77. The van der Waals surface area contributed by atoms with E-state index in [4.69, 9.17) is 4.74 Å². The minimum Gasteiger partial charge on any atom is -0.497 e. The maximum absolute atomic E-state index is 14.1. The third-order valence-electron chi connectivity index (χ3n) is 7.21. The average Bonchev–Trinajstić information content (AvgIpc) is 3.47. The number of benzene rings is 3. The maximum Gasteiger partial charge on any atom is 0.270 e. The highest BCUT2D eigenvalue weighted by atomic mass is 32.1. The summed E-state index contributed by atoms with van der Waals surface area (Å²) in [7, 11) is 1.57. The SMILES string of the molecule is COc1cccc([C@@H]2C(C(=O)Nc3ccccc3)=C(C)N=c3s/c(=C/[C@H]4C(=O)N(c5ccccc5)N=C4C)c(=O)n32)c1. The standard InChI is InChI=1S/C32H27N5O4S/c1-19-25(30(39)37(35-19)23-14-8-5-9-15-23)18-26-31(40)36-28(21-11-10-16-24(17-21)41-3)27(20(2)33-32(36)42-26)29(38)34-22-12-6-4-7-13-22/h4-18,25,28H,1-3H3,(H,34,38)/b26-18+/t25-,28-/m1/s1. The van der Waals surface area contributed by atoms with Gasteiger partial charge in [-0.25, -0.2) is 4.99 Å². The molecule has 4 aromatic rings. The van der Waals surface area contributed by atoms with E-state index < -0.39 is 12.0 Å². The van der Waals surface area contributed by atoms with Crippen LogP contribution in [0.2, 0.25) is 0 Å². The Hall–Kier alpha value is -5.09. The summed E-state index contributed by atoms with van der Waals surface area (Å²) in [6.45, 7) is 3.54. The minimum atomic E-state index is -0.767. The summed E-state index contributed by atoms with van der Waals surface area (Å²) in [6.07, 6.45) is 1.65. The molecule has 42 heavy (non-hydrogen) atoms. The maximum atomic E-state index is 14.1. The third-order valence-corrected chi connectivity index (χ3v) is 8.21. The van der Waals surface area contributed by atoms with Crippen molar-refractivity contribution in [3.63, 3.8) is 0 Å². The zero-order valence-corrected chi connectivity index (χ0v) is 24.0. The second-order valence-corrected chi connectivity index (χ2v) is 10.9. The van der Waals surface area contributed by atoms with Gasteiger partial charge in [0.1, 0.15) is 11.7 Å². The lowest BCUT2D eigenvalue weighted by molar-refractivity contribution is -0.118. The average molecular weight is 578 g/mol. The number of carbonyl (C=O) groups is 2. The number of amides is 2. The number of hydrogen-bond donors (Lipinski definition) is 1. The van der Waals surface area contributed by atoms with Gasteiger partial charge in [-0.2, -0.15) is 10.1 Å². The first-order valence-corrected chi connectivity index (χ1v) is 14.1. The van der Waals surface area contributed by atoms with Gasteiger partial charge in [-0.05, 0) is 61.9 Å². The number of para-hydroxylation sites is 2. The molecule has 0 saturated heterocycles. The molecule has 2 aliphatic rings. The lowest BCUT2D eigenvalue weighted by Gasteiger charge is -2.25. The lowest BCUT2D eigenvalue weighted by Crippen LogP contribution is -2.41. The number of hydrazone groups is 1. The first kappa shape index (κ1) is 27.1. The highest BCUT2D eigenvalue weighted by molar-refractivity contribution is 7.07. The van der Waals surface area contributed by atoms with E-state index in [1.807, 2.05) is 66.7 Å². The predicted molar refractivity (Wildman–Crippen MR) is 163 cm³/mol. The van der Waals surface area contributed by atoms with Gasteiger partial charge in [0.15, 0.2) is 4.80 Å². The smallest absolute Gasteiger partial charge is 0.270 e. The zero-order chi connectivity index (χ0) is 29.4. The van der Waals surface area contributed by atoms with Gasteiger partial charge in [0.2, 0.25) is 0 Å². The van der Waals surface area contributed by atoms with Crippen LogP contribution in [0.3, 0.4) is 0 Å². The number of aromatic nitrogens is 1. The Kier molecular flexibility index (Phi) is 7.13. The van der Waals surface area contributed by atoms with Gasteiger partial charge in [-0.1, -0.05) is 59.9 Å². The fraction of sp³-hybridized carbons (Fsp3) is 0.156. The van der Waals surface area contributed by atoms with Crippen LogP contribution in [0.1, 0.15) is 25.5 Å². The minimum absolute atomic E-state index is 0.243. The van der Waals surface area contributed by atoms with E-state index in [1.165, 1.54) is 20.9 Å². The summed E-state index contributed by atoms with van der Waals surface area (Å²) in [5.41, 5.74) is 3.05. The molecule has 3 aromatic carbocycles. The van der Waals surface area contributed by atoms with Crippen LogP contribution in [0, 0.1) is 5.92 Å². The van der Waals surface area contributed by atoms with Crippen LogP contribution < -0.4 is 30.0 Å². The molecule has 3 heterocycles. The van der Waals surface area contributed by atoms with E-state index in [1.54, 1.807) is 45.2 Å². The van der Waals surface area contributed by atoms with Crippen molar-refractivity contribution in [1.29, 1.82) is 0 Å². The molecule has 2 amide bonds. The highest BCUT2D eigenvalue weighted by Gasteiger charge is 2.35. The van der Waals surface area contributed by atoms with Gasteiger partial charge >= 0.3 is 0 Å². The van der Waals surface area contributed by atoms with Crippen LogP contribution in [0.4, 0.5) is 11.4 Å². The molecule has 10 heteroatoms. The molecule has 0 aliphatic carbocycles. The third kappa shape index (κ3) is 4.86. The Morgan fingerprint density at radius 2 is 1.69 bits per heavy atom. The van der Waals surface area contributed by atoms with Crippen LogP contribution in [0.15, 0.2) is 111 Å².